The largest absolute Gasteiger partial charge is 0.448 e. The number of carbonyl (C=O) groups is 1. The minimum atomic E-state index is -0.723. The summed E-state index contributed by atoms with van der Waals surface area (Å²) in [6, 6.07) is 2.08. The molecule has 1 rings (SSSR count). The maximum absolute atomic E-state index is 10.2. The normalized spacial score (nSPS) is 10.1. The third-order valence-electron chi connectivity index (χ3n) is 1.78. The van der Waals surface area contributed by atoms with Crippen molar-refractivity contribution in [1.82, 2.24) is 5.32 Å². The molecule has 1 heterocycles. The second-order valence-corrected chi connectivity index (χ2v) is 3.87. The Balaban J connectivity index is 2.10. The van der Waals surface area contributed by atoms with Crippen LogP contribution in [0.5, 0.6) is 0 Å². The van der Waals surface area contributed by atoms with Gasteiger partial charge in [0.05, 0.1) is 0 Å². The van der Waals surface area contributed by atoms with Crippen molar-refractivity contribution in [3.63, 3.8) is 0 Å². The molecular weight excluding hydrogens is 200 g/mol. The topological polar surface area (TPSA) is 64.3 Å². The predicted molar refractivity (Wildman–Crippen MR) is 56.3 cm³/mol. The van der Waals surface area contributed by atoms with E-state index in [1.165, 1.54) is 10.4 Å². The number of amides is 1. The molecule has 0 unspecified atom stereocenters. The van der Waals surface area contributed by atoms with Gasteiger partial charge in [-0.3, -0.25) is 0 Å². The second kappa shape index (κ2) is 5.62. The molecule has 0 aromatic carbocycles. The Kier molecular flexibility index (Phi) is 4.42. The summed E-state index contributed by atoms with van der Waals surface area (Å²) in [5, 5.41) is 5.22. The summed E-state index contributed by atoms with van der Waals surface area (Å²) < 4.78 is 4.57. The first-order valence-electron chi connectivity index (χ1n) is 4.36. The van der Waals surface area contributed by atoms with Gasteiger partial charge in [-0.2, -0.15) is 0 Å². The lowest BCUT2D eigenvalue weighted by Gasteiger charge is -2.03. The Hall–Kier alpha value is -1.07. The monoisotopic (exact) mass is 214 g/mol. The van der Waals surface area contributed by atoms with Crippen molar-refractivity contribution < 1.29 is 9.53 Å². The van der Waals surface area contributed by atoms with Gasteiger partial charge in [0.1, 0.15) is 6.61 Å². The molecule has 0 saturated carbocycles. The summed E-state index contributed by atoms with van der Waals surface area (Å²) in [5.41, 5.74) is 6.10. The molecule has 5 heteroatoms. The summed E-state index contributed by atoms with van der Waals surface area (Å²) in [4.78, 5) is 11.5. The number of primary amides is 1. The third kappa shape index (κ3) is 3.76. The van der Waals surface area contributed by atoms with Gasteiger partial charge < -0.3 is 15.8 Å². The molecule has 1 aromatic heterocycles. The van der Waals surface area contributed by atoms with Crippen molar-refractivity contribution in [3.05, 3.63) is 21.9 Å². The minimum Gasteiger partial charge on any atom is -0.448 e. The fourth-order valence-corrected chi connectivity index (χ4v) is 1.89. The Bertz CT molecular complexity index is 299. The lowest BCUT2D eigenvalue weighted by Crippen LogP contribution is -2.23. The molecule has 14 heavy (non-hydrogen) atoms. The van der Waals surface area contributed by atoms with Crippen molar-refractivity contribution in [2.75, 3.05) is 13.2 Å². The molecular formula is C9H14N2O2S. The van der Waals surface area contributed by atoms with Crippen LogP contribution in [0.1, 0.15) is 10.4 Å². The molecule has 0 atom stereocenters. The molecule has 1 aromatic rings. The minimum absolute atomic E-state index is 0.319. The zero-order chi connectivity index (χ0) is 10.4. The molecule has 0 fully saturated rings. The van der Waals surface area contributed by atoms with Crippen molar-refractivity contribution in [3.8, 4) is 0 Å². The molecule has 0 bridgehead atoms. The number of carbonyl (C=O) groups excluding carboxylic acids is 1. The summed E-state index contributed by atoms with van der Waals surface area (Å²) in [6.07, 6.45) is -0.723. The van der Waals surface area contributed by atoms with E-state index in [1.807, 2.05) is 0 Å². The summed E-state index contributed by atoms with van der Waals surface area (Å²) in [6.45, 7) is 3.83. The van der Waals surface area contributed by atoms with E-state index in [9.17, 15) is 4.79 Å². The molecule has 3 N–H and O–H groups in total. The van der Waals surface area contributed by atoms with E-state index in [4.69, 9.17) is 5.73 Å². The van der Waals surface area contributed by atoms with Crippen molar-refractivity contribution in [1.29, 1.82) is 0 Å². The van der Waals surface area contributed by atoms with Crippen molar-refractivity contribution in [2.45, 2.75) is 13.5 Å². The maximum atomic E-state index is 10.2. The van der Waals surface area contributed by atoms with Gasteiger partial charge in [0, 0.05) is 18.0 Å². The van der Waals surface area contributed by atoms with Crippen molar-refractivity contribution >= 4 is 17.4 Å². The number of rotatable bonds is 5. The van der Waals surface area contributed by atoms with Gasteiger partial charge in [-0.1, -0.05) is 0 Å². The number of nitrogens with one attached hydrogen (secondary N) is 1. The summed E-state index contributed by atoms with van der Waals surface area (Å²) in [5.74, 6) is 0. The number of hydrogen-bond donors (Lipinski definition) is 2. The molecule has 0 aliphatic rings. The molecule has 4 nitrogen and oxygen atoms in total. The predicted octanol–water partition coefficient (Wildman–Crippen LogP) is 1.24. The Morgan fingerprint density at radius 3 is 3.07 bits per heavy atom. The number of aryl methyl sites for hydroxylation is 1. The third-order valence-corrected chi connectivity index (χ3v) is 2.80. The molecule has 0 spiro atoms. The van der Waals surface area contributed by atoms with E-state index in [-0.39, 0.29) is 0 Å². The van der Waals surface area contributed by atoms with Gasteiger partial charge in [0.15, 0.2) is 0 Å². The van der Waals surface area contributed by atoms with Gasteiger partial charge >= 0.3 is 6.09 Å². The summed E-state index contributed by atoms with van der Waals surface area (Å²) in [7, 11) is 0. The quantitative estimate of drug-likeness (QED) is 0.725. The van der Waals surface area contributed by atoms with Crippen LogP contribution in [0.15, 0.2) is 11.4 Å². The SMILES string of the molecule is Cc1ccsc1CNCCOC(N)=O. The molecule has 78 valence electrons. The fourth-order valence-electron chi connectivity index (χ4n) is 1.01. The van der Waals surface area contributed by atoms with Crippen LogP contribution in [0.4, 0.5) is 4.79 Å². The smallest absolute Gasteiger partial charge is 0.404 e. The van der Waals surface area contributed by atoms with E-state index < -0.39 is 6.09 Å². The van der Waals surface area contributed by atoms with Gasteiger partial charge in [-0.05, 0) is 23.9 Å². The first-order chi connectivity index (χ1) is 6.70. The van der Waals surface area contributed by atoms with Gasteiger partial charge in [0.2, 0.25) is 0 Å². The zero-order valence-electron chi connectivity index (χ0n) is 8.08. The van der Waals surface area contributed by atoms with Crippen LogP contribution in [0.25, 0.3) is 0 Å². The van der Waals surface area contributed by atoms with E-state index in [0.29, 0.717) is 13.2 Å². The van der Waals surface area contributed by atoms with Gasteiger partial charge in [0.25, 0.3) is 0 Å². The highest BCUT2D eigenvalue weighted by atomic mass is 32.1. The van der Waals surface area contributed by atoms with Crippen LogP contribution in [0.3, 0.4) is 0 Å². The Labute approximate surface area is 87.1 Å². The lowest BCUT2D eigenvalue weighted by molar-refractivity contribution is 0.157. The standard InChI is InChI=1S/C9H14N2O2S/c1-7-2-5-14-8(7)6-11-3-4-13-9(10)12/h2,5,11H,3-4,6H2,1H3,(H2,10,12). The lowest BCUT2D eigenvalue weighted by atomic mass is 10.3. The van der Waals surface area contributed by atoms with Crippen LogP contribution >= 0.6 is 11.3 Å². The number of nitrogens with two attached hydrogens (primary N) is 1. The summed E-state index contributed by atoms with van der Waals surface area (Å²) >= 11 is 1.72. The molecule has 1 amide bonds. The van der Waals surface area contributed by atoms with E-state index in [1.54, 1.807) is 11.3 Å². The first kappa shape index (κ1) is 11.0. The van der Waals surface area contributed by atoms with E-state index in [2.05, 4.69) is 28.4 Å². The van der Waals surface area contributed by atoms with Gasteiger partial charge in [-0.15, -0.1) is 11.3 Å². The molecule has 0 radical (unpaired) electrons. The van der Waals surface area contributed by atoms with E-state index >= 15 is 0 Å². The molecule has 0 aliphatic carbocycles. The average Bonchev–Trinajstić information content (AvgIpc) is 2.51. The zero-order valence-corrected chi connectivity index (χ0v) is 8.89. The first-order valence-corrected chi connectivity index (χ1v) is 5.24. The fraction of sp³-hybridized carbons (Fsp3) is 0.444. The Morgan fingerprint density at radius 1 is 1.71 bits per heavy atom. The van der Waals surface area contributed by atoms with Crippen LogP contribution in [0, 0.1) is 6.92 Å². The van der Waals surface area contributed by atoms with Crippen LogP contribution in [-0.4, -0.2) is 19.2 Å². The highest BCUT2D eigenvalue weighted by molar-refractivity contribution is 7.10. The Morgan fingerprint density at radius 2 is 2.50 bits per heavy atom. The number of thiophene rings is 1. The molecule has 0 saturated heterocycles. The van der Waals surface area contributed by atoms with E-state index in [0.717, 1.165) is 6.54 Å². The number of ether oxygens (including phenoxy) is 1. The highest BCUT2D eigenvalue weighted by Crippen LogP contribution is 2.14. The molecule has 0 aliphatic heterocycles. The van der Waals surface area contributed by atoms with Crippen LogP contribution < -0.4 is 11.1 Å². The van der Waals surface area contributed by atoms with Crippen molar-refractivity contribution in [2.24, 2.45) is 5.73 Å². The average molecular weight is 214 g/mol. The maximum Gasteiger partial charge on any atom is 0.404 e. The van der Waals surface area contributed by atoms with Gasteiger partial charge in [-0.25, -0.2) is 4.79 Å². The van der Waals surface area contributed by atoms with Crippen LogP contribution in [0.2, 0.25) is 0 Å². The second-order valence-electron chi connectivity index (χ2n) is 2.87. The van der Waals surface area contributed by atoms with Crippen LogP contribution in [-0.2, 0) is 11.3 Å². The highest BCUT2D eigenvalue weighted by Gasteiger charge is 1.98. The number of hydrogen-bond acceptors (Lipinski definition) is 4.